The summed E-state index contributed by atoms with van der Waals surface area (Å²) < 4.78 is 38.1. The Labute approximate surface area is 222 Å². The van der Waals surface area contributed by atoms with Crippen molar-refractivity contribution >= 4 is 55.8 Å². The number of fused-ring (bicyclic) bond motifs is 1. The number of nitrogens with one attached hydrogen (secondary N) is 2. The van der Waals surface area contributed by atoms with E-state index in [1.54, 1.807) is 32.0 Å². The van der Waals surface area contributed by atoms with Crippen LogP contribution in [0.15, 0.2) is 51.7 Å². The van der Waals surface area contributed by atoms with Gasteiger partial charge < -0.3 is 14.8 Å². The molecule has 0 fully saturated rings. The Balaban J connectivity index is 1.29. The maximum atomic E-state index is 12.6. The molecular formula is C23H25N5O6S3. The molecule has 0 saturated carbocycles. The second kappa shape index (κ2) is 11.9. The van der Waals surface area contributed by atoms with Crippen LogP contribution < -0.4 is 20.1 Å². The van der Waals surface area contributed by atoms with Gasteiger partial charge in [0.2, 0.25) is 21.1 Å². The highest BCUT2D eigenvalue weighted by molar-refractivity contribution is 8.01. The molecule has 2 heterocycles. The molecule has 3 aromatic rings. The van der Waals surface area contributed by atoms with Crippen LogP contribution in [0.2, 0.25) is 0 Å². The van der Waals surface area contributed by atoms with Crippen molar-refractivity contribution in [2.45, 2.75) is 23.1 Å². The van der Waals surface area contributed by atoms with Gasteiger partial charge in [-0.3, -0.25) is 14.9 Å². The molecule has 4 rings (SSSR count). The largest absolute Gasteiger partial charge is 0.486 e. The van der Waals surface area contributed by atoms with Crippen molar-refractivity contribution in [3.8, 4) is 11.5 Å². The van der Waals surface area contributed by atoms with Crippen LogP contribution in [0, 0.1) is 0 Å². The Morgan fingerprint density at radius 2 is 1.70 bits per heavy atom. The van der Waals surface area contributed by atoms with E-state index >= 15 is 0 Å². The summed E-state index contributed by atoms with van der Waals surface area (Å²) in [4.78, 5) is 25.0. The number of benzene rings is 2. The molecule has 0 unspecified atom stereocenters. The number of rotatable bonds is 10. The van der Waals surface area contributed by atoms with Crippen LogP contribution in [0.1, 0.15) is 24.2 Å². The molecule has 2 N–H and O–H groups in total. The van der Waals surface area contributed by atoms with Gasteiger partial charge in [-0.05, 0) is 36.4 Å². The number of sulfonamides is 1. The number of amides is 2. The first-order chi connectivity index (χ1) is 17.8. The monoisotopic (exact) mass is 563 g/mol. The zero-order valence-electron chi connectivity index (χ0n) is 20.1. The molecular weight excluding hydrogens is 538 g/mol. The summed E-state index contributed by atoms with van der Waals surface area (Å²) in [5, 5.41) is 13.7. The number of nitrogens with zero attached hydrogens (tertiary/aromatic N) is 3. The van der Waals surface area contributed by atoms with Crippen LogP contribution in [-0.4, -0.2) is 66.8 Å². The van der Waals surface area contributed by atoms with Gasteiger partial charge in [-0.15, -0.1) is 10.2 Å². The van der Waals surface area contributed by atoms with Gasteiger partial charge in [0.25, 0.3) is 5.91 Å². The fraction of sp³-hybridized carbons (Fsp3) is 0.304. The first-order valence-electron chi connectivity index (χ1n) is 11.4. The predicted octanol–water partition coefficient (Wildman–Crippen LogP) is 3.32. The fourth-order valence-corrected chi connectivity index (χ4v) is 6.43. The maximum Gasteiger partial charge on any atom is 0.257 e. The zero-order valence-corrected chi connectivity index (χ0v) is 22.5. The van der Waals surface area contributed by atoms with E-state index in [9.17, 15) is 18.0 Å². The highest BCUT2D eigenvalue weighted by atomic mass is 32.2. The number of thioether (sulfide) groups is 1. The number of carbonyl (C=O) groups excluding carboxylic acids is 2. The molecule has 2 amide bonds. The lowest BCUT2D eigenvalue weighted by Gasteiger charge is -2.18. The van der Waals surface area contributed by atoms with Crippen LogP contribution in [0.5, 0.6) is 11.5 Å². The quantitative estimate of drug-likeness (QED) is 0.281. The highest BCUT2D eigenvalue weighted by Crippen LogP contribution is 2.33. The number of hydrogen-bond acceptors (Lipinski definition) is 10. The first kappa shape index (κ1) is 26.9. The third-order valence-electron chi connectivity index (χ3n) is 5.24. The van der Waals surface area contributed by atoms with Gasteiger partial charge in [-0.25, -0.2) is 8.42 Å². The number of ether oxygens (including phenoxy) is 2. The average molecular weight is 564 g/mol. The SMILES string of the molecule is CCN(CC)S(=O)(=O)c1ccc(C(=O)Nc2nnc(SCC(=O)Nc3ccc4c(c3)OCCO4)s2)cc1. The van der Waals surface area contributed by atoms with Gasteiger partial charge >= 0.3 is 0 Å². The summed E-state index contributed by atoms with van der Waals surface area (Å²) in [5.74, 6) is 0.640. The van der Waals surface area contributed by atoms with Gasteiger partial charge in [-0.2, -0.15) is 4.31 Å². The minimum atomic E-state index is -3.60. The lowest BCUT2D eigenvalue weighted by molar-refractivity contribution is -0.113. The van der Waals surface area contributed by atoms with Gasteiger partial charge in [0, 0.05) is 30.4 Å². The van der Waals surface area contributed by atoms with Crippen molar-refractivity contribution in [1.29, 1.82) is 0 Å². The van der Waals surface area contributed by atoms with Gasteiger partial charge in [0.1, 0.15) is 13.2 Å². The second-order valence-corrected chi connectivity index (χ2v) is 11.8. The molecule has 0 spiro atoms. The molecule has 0 bridgehead atoms. The normalized spacial score (nSPS) is 12.8. The van der Waals surface area contributed by atoms with E-state index in [4.69, 9.17) is 9.47 Å². The Bertz CT molecular complexity index is 1370. The molecule has 0 saturated heterocycles. The summed E-state index contributed by atoms with van der Waals surface area (Å²) in [7, 11) is -3.60. The standard InChI is InChI=1S/C23H25N5O6S3/c1-3-28(4-2)37(31,32)17-8-5-15(6-9-17)21(30)25-22-26-27-23(36-22)35-14-20(29)24-16-7-10-18-19(13-16)34-12-11-33-18/h5-10,13H,3-4,11-12,14H2,1-2H3,(H,24,29)(H,25,26,30). The minimum Gasteiger partial charge on any atom is -0.486 e. The molecule has 37 heavy (non-hydrogen) atoms. The van der Waals surface area contributed by atoms with Crippen LogP contribution in [0.3, 0.4) is 0 Å². The first-order valence-corrected chi connectivity index (χ1v) is 14.6. The van der Waals surface area contributed by atoms with Gasteiger partial charge in [0.05, 0.1) is 10.6 Å². The molecule has 0 atom stereocenters. The van der Waals surface area contributed by atoms with E-state index < -0.39 is 15.9 Å². The van der Waals surface area contributed by atoms with E-state index in [0.717, 1.165) is 11.3 Å². The molecule has 14 heteroatoms. The molecule has 1 aliphatic heterocycles. The van der Waals surface area contributed by atoms with Crippen molar-refractivity contribution in [2.24, 2.45) is 0 Å². The molecule has 0 aliphatic carbocycles. The summed E-state index contributed by atoms with van der Waals surface area (Å²) in [6.07, 6.45) is 0. The molecule has 1 aliphatic rings. The third kappa shape index (κ3) is 6.57. The van der Waals surface area contributed by atoms with Crippen molar-refractivity contribution < 1.29 is 27.5 Å². The van der Waals surface area contributed by atoms with Gasteiger partial charge in [0.15, 0.2) is 15.8 Å². The van der Waals surface area contributed by atoms with E-state index in [2.05, 4.69) is 20.8 Å². The number of aromatic nitrogens is 2. The minimum absolute atomic E-state index is 0.0967. The lowest BCUT2D eigenvalue weighted by atomic mass is 10.2. The number of hydrogen-bond donors (Lipinski definition) is 2. The van der Waals surface area contributed by atoms with E-state index in [1.807, 2.05) is 0 Å². The van der Waals surface area contributed by atoms with E-state index in [1.165, 1.54) is 40.3 Å². The zero-order chi connectivity index (χ0) is 26.4. The third-order valence-corrected chi connectivity index (χ3v) is 9.28. The van der Waals surface area contributed by atoms with E-state index in [-0.39, 0.29) is 27.3 Å². The van der Waals surface area contributed by atoms with Crippen molar-refractivity contribution in [3.05, 3.63) is 48.0 Å². The average Bonchev–Trinajstić information content (AvgIpc) is 3.35. The Morgan fingerprint density at radius 3 is 2.41 bits per heavy atom. The van der Waals surface area contributed by atoms with E-state index in [0.29, 0.717) is 47.8 Å². The maximum absolute atomic E-state index is 12.6. The number of carbonyl (C=O) groups is 2. The van der Waals surface area contributed by atoms with Crippen LogP contribution in [-0.2, 0) is 14.8 Å². The van der Waals surface area contributed by atoms with Crippen LogP contribution in [0.4, 0.5) is 10.8 Å². The lowest BCUT2D eigenvalue weighted by Crippen LogP contribution is -2.30. The Morgan fingerprint density at radius 1 is 1.00 bits per heavy atom. The number of anilines is 2. The topological polar surface area (TPSA) is 140 Å². The van der Waals surface area contributed by atoms with Gasteiger partial charge in [-0.1, -0.05) is 36.9 Å². The predicted molar refractivity (Wildman–Crippen MR) is 141 cm³/mol. The summed E-state index contributed by atoms with van der Waals surface area (Å²) in [6.45, 7) is 5.21. The molecule has 11 nitrogen and oxygen atoms in total. The molecule has 2 aromatic carbocycles. The summed E-state index contributed by atoms with van der Waals surface area (Å²) in [6, 6.07) is 10.9. The smallest absolute Gasteiger partial charge is 0.257 e. The van der Waals surface area contributed by atoms with Crippen LogP contribution in [0.25, 0.3) is 0 Å². The fourth-order valence-electron chi connectivity index (χ4n) is 3.42. The van der Waals surface area contributed by atoms with Crippen molar-refractivity contribution in [1.82, 2.24) is 14.5 Å². The molecule has 196 valence electrons. The Hall–Kier alpha value is -3.20. The molecule has 0 radical (unpaired) electrons. The Kier molecular flexibility index (Phi) is 8.63. The second-order valence-electron chi connectivity index (χ2n) is 7.64. The highest BCUT2D eigenvalue weighted by Gasteiger charge is 2.22. The molecule has 1 aromatic heterocycles. The summed E-state index contributed by atoms with van der Waals surface area (Å²) >= 11 is 2.32. The summed E-state index contributed by atoms with van der Waals surface area (Å²) in [5.41, 5.74) is 0.873. The van der Waals surface area contributed by atoms with Crippen molar-refractivity contribution in [2.75, 3.05) is 42.7 Å². The van der Waals surface area contributed by atoms with Crippen LogP contribution >= 0.6 is 23.1 Å². The van der Waals surface area contributed by atoms with Crippen molar-refractivity contribution in [3.63, 3.8) is 0 Å².